The third-order valence-electron chi connectivity index (χ3n) is 4.75. The lowest BCUT2D eigenvalue weighted by atomic mass is 10.1. The van der Waals surface area contributed by atoms with Crippen LogP contribution in [0.4, 0.5) is 5.69 Å². The fourth-order valence-corrected chi connectivity index (χ4v) is 4.12. The zero-order valence-corrected chi connectivity index (χ0v) is 16.4. The lowest BCUT2D eigenvalue weighted by Crippen LogP contribution is -2.27. The van der Waals surface area contributed by atoms with Gasteiger partial charge >= 0.3 is 0 Å². The summed E-state index contributed by atoms with van der Waals surface area (Å²) in [5, 5.41) is 9.87. The van der Waals surface area contributed by atoms with E-state index >= 15 is 0 Å². The van der Waals surface area contributed by atoms with Crippen molar-refractivity contribution in [2.75, 3.05) is 11.9 Å². The maximum absolute atomic E-state index is 12.3. The number of aromatic nitrogens is 1. The highest BCUT2D eigenvalue weighted by Crippen LogP contribution is 2.30. The monoisotopic (exact) mass is 391 g/mol. The zero-order chi connectivity index (χ0) is 19.5. The largest absolute Gasteiger partial charge is 0.351 e. The van der Waals surface area contributed by atoms with Gasteiger partial charge in [-0.25, -0.2) is 0 Å². The van der Waals surface area contributed by atoms with Gasteiger partial charge in [0.15, 0.2) is 0 Å². The van der Waals surface area contributed by atoms with Crippen LogP contribution in [0.15, 0.2) is 60.0 Å². The van der Waals surface area contributed by atoms with Crippen LogP contribution < -0.4 is 10.6 Å². The van der Waals surface area contributed by atoms with E-state index in [1.807, 2.05) is 41.8 Å². The van der Waals surface area contributed by atoms with Crippen LogP contribution in [-0.2, 0) is 11.3 Å². The van der Waals surface area contributed by atoms with Gasteiger partial charge in [-0.1, -0.05) is 24.3 Å². The van der Waals surface area contributed by atoms with Gasteiger partial charge in [-0.3, -0.25) is 9.59 Å². The van der Waals surface area contributed by atoms with E-state index in [9.17, 15) is 9.59 Å². The highest BCUT2D eigenvalue weighted by atomic mass is 32.1. The molecule has 0 bridgehead atoms. The summed E-state index contributed by atoms with van der Waals surface area (Å²) in [6.07, 6.45) is 0.228. The fourth-order valence-electron chi connectivity index (χ4n) is 3.48. The molecule has 4 aromatic rings. The van der Waals surface area contributed by atoms with Gasteiger partial charge in [0, 0.05) is 47.0 Å². The maximum Gasteiger partial charge on any atom is 0.261 e. The number of aryl methyl sites for hydroxylation is 1. The predicted molar refractivity (Wildman–Crippen MR) is 115 cm³/mol. The van der Waals surface area contributed by atoms with Crippen molar-refractivity contribution in [3.63, 3.8) is 0 Å². The Morgan fingerprint density at radius 3 is 2.61 bits per heavy atom. The summed E-state index contributed by atoms with van der Waals surface area (Å²) < 4.78 is 2.27. The van der Waals surface area contributed by atoms with E-state index in [0.717, 1.165) is 23.1 Å². The first kappa shape index (κ1) is 18.3. The van der Waals surface area contributed by atoms with Crippen LogP contribution >= 0.6 is 11.3 Å². The standard InChI is InChI=1S/C22H21N3O2S/c1-2-25-18-7-4-3-6-16(18)17-14-15(9-10-19(17)25)24-21(26)11-12-23-22(27)20-8-5-13-28-20/h3-10,13-14H,2,11-12H2,1H3,(H,23,27)(H,24,26). The number of benzene rings is 2. The van der Waals surface area contributed by atoms with Crippen LogP contribution in [0.5, 0.6) is 0 Å². The molecule has 0 aliphatic rings. The molecule has 2 amide bonds. The van der Waals surface area contributed by atoms with Crippen LogP contribution in [0.2, 0.25) is 0 Å². The first-order valence-corrected chi connectivity index (χ1v) is 10.2. The molecule has 0 fully saturated rings. The van der Waals surface area contributed by atoms with Crippen molar-refractivity contribution in [2.45, 2.75) is 19.9 Å². The number of nitrogens with one attached hydrogen (secondary N) is 2. The predicted octanol–water partition coefficient (Wildman–Crippen LogP) is 4.63. The minimum absolute atomic E-state index is 0.120. The quantitative estimate of drug-likeness (QED) is 0.503. The van der Waals surface area contributed by atoms with Crippen molar-refractivity contribution < 1.29 is 9.59 Å². The van der Waals surface area contributed by atoms with Gasteiger partial charge in [-0.15, -0.1) is 11.3 Å². The number of rotatable bonds is 6. The highest BCUT2D eigenvalue weighted by molar-refractivity contribution is 7.12. The minimum Gasteiger partial charge on any atom is -0.351 e. The first-order valence-electron chi connectivity index (χ1n) is 9.30. The topological polar surface area (TPSA) is 63.1 Å². The summed E-state index contributed by atoms with van der Waals surface area (Å²) in [5.41, 5.74) is 3.12. The van der Waals surface area contributed by atoms with E-state index in [-0.39, 0.29) is 18.2 Å². The lowest BCUT2D eigenvalue weighted by molar-refractivity contribution is -0.116. The molecule has 28 heavy (non-hydrogen) atoms. The molecule has 2 N–H and O–H groups in total. The van der Waals surface area contributed by atoms with Gasteiger partial charge in [0.1, 0.15) is 0 Å². The maximum atomic E-state index is 12.3. The van der Waals surface area contributed by atoms with E-state index in [0.29, 0.717) is 11.4 Å². The summed E-state index contributed by atoms with van der Waals surface area (Å²) in [6.45, 7) is 3.33. The summed E-state index contributed by atoms with van der Waals surface area (Å²) >= 11 is 1.38. The van der Waals surface area contributed by atoms with E-state index < -0.39 is 0 Å². The Hall–Kier alpha value is -3.12. The second kappa shape index (κ2) is 7.86. The van der Waals surface area contributed by atoms with Crippen molar-refractivity contribution >= 4 is 50.6 Å². The second-order valence-corrected chi connectivity index (χ2v) is 7.47. The molecule has 0 unspecified atom stereocenters. The van der Waals surface area contributed by atoms with Gasteiger partial charge in [0.2, 0.25) is 5.91 Å². The van der Waals surface area contributed by atoms with Crippen LogP contribution in [-0.4, -0.2) is 22.9 Å². The van der Waals surface area contributed by atoms with E-state index in [4.69, 9.17) is 0 Å². The molecule has 2 aromatic heterocycles. The van der Waals surface area contributed by atoms with Crippen LogP contribution in [0.25, 0.3) is 21.8 Å². The van der Waals surface area contributed by atoms with Gasteiger partial charge in [-0.2, -0.15) is 0 Å². The number of para-hydroxylation sites is 1. The molecule has 5 nitrogen and oxygen atoms in total. The summed E-state index contributed by atoms with van der Waals surface area (Å²) in [6, 6.07) is 17.9. The number of anilines is 1. The van der Waals surface area contributed by atoms with Crippen molar-refractivity contribution in [3.05, 3.63) is 64.9 Å². The molecule has 142 valence electrons. The number of thiophene rings is 1. The molecule has 0 saturated heterocycles. The average Bonchev–Trinajstić information content (AvgIpc) is 3.34. The number of nitrogens with zero attached hydrogens (tertiary/aromatic N) is 1. The molecule has 0 spiro atoms. The average molecular weight is 391 g/mol. The molecule has 6 heteroatoms. The Morgan fingerprint density at radius 2 is 1.82 bits per heavy atom. The molecular weight excluding hydrogens is 370 g/mol. The van der Waals surface area contributed by atoms with E-state index in [2.05, 4.69) is 34.3 Å². The number of carbonyl (C=O) groups excluding carboxylic acids is 2. The SMILES string of the molecule is CCn1c2ccccc2c2cc(NC(=O)CCNC(=O)c3cccs3)ccc21. The second-order valence-electron chi connectivity index (χ2n) is 6.52. The molecule has 2 aromatic carbocycles. The first-order chi connectivity index (χ1) is 13.7. The van der Waals surface area contributed by atoms with Gasteiger partial charge < -0.3 is 15.2 Å². The number of amides is 2. The van der Waals surface area contributed by atoms with Gasteiger partial charge in [0.05, 0.1) is 4.88 Å². The molecule has 0 aliphatic carbocycles. The van der Waals surface area contributed by atoms with Crippen LogP contribution in [0.1, 0.15) is 23.0 Å². The van der Waals surface area contributed by atoms with E-state index in [1.54, 1.807) is 6.07 Å². The number of carbonyl (C=O) groups is 2. The fraction of sp³-hybridized carbons (Fsp3) is 0.182. The molecule has 0 atom stereocenters. The third kappa shape index (κ3) is 3.51. The zero-order valence-electron chi connectivity index (χ0n) is 15.6. The van der Waals surface area contributed by atoms with E-state index in [1.165, 1.54) is 22.2 Å². The van der Waals surface area contributed by atoms with Gasteiger partial charge in [0.25, 0.3) is 5.91 Å². The van der Waals surface area contributed by atoms with Gasteiger partial charge in [-0.05, 0) is 42.6 Å². The number of fused-ring (bicyclic) bond motifs is 3. The molecular formula is C22H21N3O2S. The van der Waals surface area contributed by atoms with Crippen molar-refractivity contribution in [3.8, 4) is 0 Å². The molecule has 0 aliphatic heterocycles. The lowest BCUT2D eigenvalue weighted by Gasteiger charge is -2.07. The molecule has 2 heterocycles. The Morgan fingerprint density at radius 1 is 1.00 bits per heavy atom. The number of hydrogen-bond donors (Lipinski definition) is 2. The molecule has 4 rings (SSSR count). The van der Waals surface area contributed by atoms with Crippen LogP contribution in [0.3, 0.4) is 0 Å². The summed E-state index contributed by atoms with van der Waals surface area (Å²) in [7, 11) is 0. The smallest absolute Gasteiger partial charge is 0.261 e. The van der Waals surface area contributed by atoms with Crippen molar-refractivity contribution in [1.29, 1.82) is 0 Å². The van der Waals surface area contributed by atoms with Crippen molar-refractivity contribution in [2.24, 2.45) is 0 Å². The van der Waals surface area contributed by atoms with Crippen molar-refractivity contribution in [1.82, 2.24) is 9.88 Å². The normalized spacial score (nSPS) is 11.0. The summed E-state index contributed by atoms with van der Waals surface area (Å²) in [5.74, 6) is -0.262. The third-order valence-corrected chi connectivity index (χ3v) is 5.62. The number of hydrogen-bond acceptors (Lipinski definition) is 3. The molecule has 0 saturated carbocycles. The Bertz CT molecular complexity index is 1150. The Kier molecular flexibility index (Phi) is 5.12. The highest BCUT2D eigenvalue weighted by Gasteiger charge is 2.11. The summed E-state index contributed by atoms with van der Waals surface area (Å²) in [4.78, 5) is 24.8. The molecule has 0 radical (unpaired) electrons. The Balaban J connectivity index is 1.45. The van der Waals surface area contributed by atoms with Crippen LogP contribution in [0, 0.1) is 0 Å². The Labute approximate surface area is 167 Å². The minimum atomic E-state index is -0.142.